The van der Waals surface area contributed by atoms with Gasteiger partial charge in [0, 0.05) is 26.9 Å². The van der Waals surface area contributed by atoms with Crippen LogP contribution in [0.5, 0.6) is 0 Å². The number of thioether (sulfide) groups is 1. The van der Waals surface area contributed by atoms with E-state index in [2.05, 4.69) is 27.1 Å². The molecular weight excluding hydrogens is 407 g/mol. The number of rotatable bonds is 6. The molecule has 3 rings (SSSR count). The van der Waals surface area contributed by atoms with Crippen LogP contribution in [0.3, 0.4) is 0 Å². The molecule has 3 nitrogen and oxygen atoms in total. The van der Waals surface area contributed by atoms with Gasteiger partial charge in [-0.05, 0) is 47.5 Å². The Hall–Kier alpha value is -1.53. The zero-order chi connectivity index (χ0) is 18.5. The van der Waals surface area contributed by atoms with Gasteiger partial charge in [0.05, 0.1) is 12.1 Å². The van der Waals surface area contributed by atoms with Crippen molar-refractivity contribution in [1.29, 1.82) is 0 Å². The van der Waals surface area contributed by atoms with Crippen LogP contribution in [0.25, 0.3) is 0 Å². The second kappa shape index (κ2) is 8.91. The molecule has 0 radical (unpaired) electrons. The molecule has 134 valence electrons. The summed E-state index contributed by atoms with van der Waals surface area (Å²) in [6, 6.07) is 11.6. The van der Waals surface area contributed by atoms with Crippen molar-refractivity contribution in [2.24, 2.45) is 0 Å². The lowest BCUT2D eigenvalue weighted by atomic mass is 10.2. The minimum Gasteiger partial charge on any atom is -0.325 e. The number of nitrogens with zero attached hydrogens (tertiary/aromatic N) is 1. The van der Waals surface area contributed by atoms with Gasteiger partial charge in [-0.2, -0.15) is 11.3 Å². The van der Waals surface area contributed by atoms with Gasteiger partial charge in [-0.3, -0.25) is 4.79 Å². The van der Waals surface area contributed by atoms with Crippen molar-refractivity contribution in [3.8, 4) is 0 Å². The fourth-order valence-electron chi connectivity index (χ4n) is 2.37. The van der Waals surface area contributed by atoms with E-state index in [4.69, 9.17) is 23.2 Å². The molecule has 3 aromatic rings. The van der Waals surface area contributed by atoms with Gasteiger partial charge in [0.2, 0.25) is 5.91 Å². The molecule has 1 aromatic carbocycles. The third kappa shape index (κ3) is 5.01. The van der Waals surface area contributed by atoms with Crippen LogP contribution in [0.15, 0.2) is 52.1 Å². The smallest absolute Gasteiger partial charge is 0.228 e. The van der Waals surface area contributed by atoms with Gasteiger partial charge < -0.3 is 5.32 Å². The number of benzene rings is 1. The van der Waals surface area contributed by atoms with Gasteiger partial charge in [-0.15, -0.1) is 11.8 Å². The molecule has 2 heterocycles. The normalized spacial score (nSPS) is 10.7. The predicted octanol–water partition coefficient (Wildman–Crippen LogP) is 6.23. The second-order valence-corrected chi connectivity index (χ2v) is 8.22. The Morgan fingerprint density at radius 3 is 2.81 bits per heavy atom. The first-order valence-electron chi connectivity index (χ1n) is 7.87. The molecule has 26 heavy (non-hydrogen) atoms. The van der Waals surface area contributed by atoms with E-state index >= 15 is 0 Å². The highest BCUT2D eigenvalue weighted by Gasteiger charge is 2.14. The Kier molecular flexibility index (Phi) is 6.59. The van der Waals surface area contributed by atoms with Crippen molar-refractivity contribution in [3.63, 3.8) is 0 Å². The SMILES string of the molecule is Cc1cc(Cl)c(CC(=O)Nc2ccccc2SCc2ccsc2)c(Cl)n1. The first-order chi connectivity index (χ1) is 12.5. The van der Waals surface area contributed by atoms with Gasteiger partial charge in [0.15, 0.2) is 0 Å². The maximum absolute atomic E-state index is 12.5. The molecule has 0 aliphatic heterocycles. The Labute approximate surface area is 170 Å². The van der Waals surface area contributed by atoms with Crippen molar-refractivity contribution in [2.45, 2.75) is 24.0 Å². The standard InChI is InChI=1S/C19H16Cl2N2OS2/c1-12-8-15(20)14(19(21)22-12)9-18(24)23-16-4-2-3-5-17(16)26-11-13-6-7-25-10-13/h2-8,10H,9,11H2,1H3,(H,23,24). The average Bonchev–Trinajstić information content (AvgIpc) is 3.11. The zero-order valence-corrected chi connectivity index (χ0v) is 17.1. The van der Waals surface area contributed by atoms with Crippen molar-refractivity contribution < 1.29 is 4.79 Å². The van der Waals surface area contributed by atoms with E-state index in [0.717, 1.165) is 22.0 Å². The molecule has 0 aliphatic rings. The van der Waals surface area contributed by atoms with Crippen molar-refractivity contribution >= 4 is 57.9 Å². The van der Waals surface area contributed by atoms with E-state index in [1.807, 2.05) is 31.2 Å². The molecule has 0 atom stereocenters. The van der Waals surface area contributed by atoms with Crippen LogP contribution >= 0.6 is 46.3 Å². The Morgan fingerprint density at radius 1 is 1.27 bits per heavy atom. The lowest BCUT2D eigenvalue weighted by Gasteiger charge is -2.12. The number of aryl methyl sites for hydroxylation is 1. The summed E-state index contributed by atoms with van der Waals surface area (Å²) >= 11 is 15.7. The number of hydrogen-bond donors (Lipinski definition) is 1. The number of pyridine rings is 1. The molecule has 0 unspecified atom stereocenters. The topological polar surface area (TPSA) is 42.0 Å². The van der Waals surface area contributed by atoms with Crippen LogP contribution < -0.4 is 5.32 Å². The minimum atomic E-state index is -0.178. The van der Waals surface area contributed by atoms with Gasteiger partial charge in [0.1, 0.15) is 5.15 Å². The highest BCUT2D eigenvalue weighted by atomic mass is 35.5. The second-order valence-electron chi connectivity index (χ2n) is 5.66. The van der Waals surface area contributed by atoms with Crippen LogP contribution in [0.4, 0.5) is 5.69 Å². The van der Waals surface area contributed by atoms with Crippen LogP contribution in [-0.2, 0) is 17.0 Å². The number of carbonyl (C=O) groups excluding carboxylic acids is 1. The molecule has 1 amide bonds. The summed E-state index contributed by atoms with van der Waals surface area (Å²) in [5, 5.41) is 7.87. The van der Waals surface area contributed by atoms with E-state index in [0.29, 0.717) is 10.6 Å². The molecule has 0 saturated carbocycles. The van der Waals surface area contributed by atoms with E-state index < -0.39 is 0 Å². The molecule has 0 spiro atoms. The summed E-state index contributed by atoms with van der Waals surface area (Å²) in [6.07, 6.45) is 0.0779. The number of hydrogen-bond acceptors (Lipinski definition) is 4. The highest BCUT2D eigenvalue weighted by Crippen LogP contribution is 2.31. The fourth-order valence-corrected chi connectivity index (χ4v) is 4.76. The molecule has 0 saturated heterocycles. The van der Waals surface area contributed by atoms with Crippen LogP contribution in [0.1, 0.15) is 16.8 Å². The summed E-state index contributed by atoms with van der Waals surface area (Å²) < 4.78 is 0. The van der Waals surface area contributed by atoms with Crippen molar-refractivity contribution in [2.75, 3.05) is 5.32 Å². The number of halogens is 2. The van der Waals surface area contributed by atoms with Crippen LogP contribution in [-0.4, -0.2) is 10.9 Å². The molecule has 2 aromatic heterocycles. The van der Waals surface area contributed by atoms with Gasteiger partial charge in [-0.25, -0.2) is 4.98 Å². The third-order valence-electron chi connectivity index (χ3n) is 3.62. The van der Waals surface area contributed by atoms with Crippen LogP contribution in [0.2, 0.25) is 10.2 Å². The Balaban J connectivity index is 1.70. The molecule has 0 aliphatic carbocycles. The number of nitrogens with one attached hydrogen (secondary N) is 1. The summed E-state index contributed by atoms with van der Waals surface area (Å²) in [7, 11) is 0. The summed E-state index contributed by atoms with van der Waals surface area (Å²) in [6.45, 7) is 1.81. The summed E-state index contributed by atoms with van der Waals surface area (Å²) in [4.78, 5) is 17.7. The van der Waals surface area contributed by atoms with Crippen molar-refractivity contribution in [3.05, 3.63) is 74.2 Å². The largest absolute Gasteiger partial charge is 0.325 e. The average molecular weight is 423 g/mol. The molecule has 1 N–H and O–H groups in total. The first-order valence-corrected chi connectivity index (χ1v) is 10.6. The maximum Gasteiger partial charge on any atom is 0.228 e. The third-order valence-corrected chi connectivity index (χ3v) is 6.15. The molecular formula is C19H16Cl2N2OS2. The molecule has 0 bridgehead atoms. The number of para-hydroxylation sites is 1. The quantitative estimate of drug-likeness (QED) is 0.377. The van der Waals surface area contributed by atoms with E-state index in [1.165, 1.54) is 5.56 Å². The van der Waals surface area contributed by atoms with E-state index in [1.54, 1.807) is 29.2 Å². The van der Waals surface area contributed by atoms with Gasteiger partial charge in [-0.1, -0.05) is 35.3 Å². The van der Waals surface area contributed by atoms with Gasteiger partial charge in [0.25, 0.3) is 0 Å². The number of carbonyl (C=O) groups is 1. The van der Waals surface area contributed by atoms with Crippen molar-refractivity contribution in [1.82, 2.24) is 4.98 Å². The molecule has 0 fully saturated rings. The number of amides is 1. The zero-order valence-electron chi connectivity index (χ0n) is 14.0. The number of thiophene rings is 1. The predicted molar refractivity (Wildman–Crippen MR) is 112 cm³/mol. The molecule has 7 heteroatoms. The first kappa shape index (κ1) is 19.2. The van der Waals surface area contributed by atoms with Gasteiger partial charge >= 0.3 is 0 Å². The lowest BCUT2D eigenvalue weighted by Crippen LogP contribution is -2.16. The highest BCUT2D eigenvalue weighted by molar-refractivity contribution is 7.98. The summed E-state index contributed by atoms with van der Waals surface area (Å²) in [5.74, 6) is 0.679. The van der Waals surface area contributed by atoms with E-state index in [9.17, 15) is 4.79 Å². The number of aromatic nitrogens is 1. The van der Waals surface area contributed by atoms with Crippen LogP contribution in [0, 0.1) is 6.92 Å². The number of anilines is 1. The Morgan fingerprint density at radius 2 is 2.08 bits per heavy atom. The fraction of sp³-hybridized carbons (Fsp3) is 0.158. The van der Waals surface area contributed by atoms with E-state index in [-0.39, 0.29) is 17.5 Å². The summed E-state index contributed by atoms with van der Waals surface area (Å²) in [5.41, 5.74) is 3.31. The monoisotopic (exact) mass is 422 g/mol. The Bertz CT molecular complexity index is 891. The minimum absolute atomic E-state index is 0.0779. The maximum atomic E-state index is 12.5. The lowest BCUT2D eigenvalue weighted by molar-refractivity contribution is -0.115.